The van der Waals surface area contributed by atoms with Crippen LogP contribution in [0.3, 0.4) is 0 Å². The lowest BCUT2D eigenvalue weighted by Crippen LogP contribution is -2.07. The van der Waals surface area contributed by atoms with Gasteiger partial charge in [-0.15, -0.1) is 0 Å². The summed E-state index contributed by atoms with van der Waals surface area (Å²) < 4.78 is 29.7. The molecule has 0 heterocycles. The Morgan fingerprint density at radius 3 is 2.21 bits per heavy atom. The summed E-state index contributed by atoms with van der Waals surface area (Å²) in [5.41, 5.74) is 6.04. The van der Waals surface area contributed by atoms with Crippen LogP contribution < -0.4 is 10.5 Å². The van der Waals surface area contributed by atoms with Crippen LogP contribution in [-0.2, 0) is 0 Å². The van der Waals surface area contributed by atoms with E-state index in [1.807, 2.05) is 0 Å². The first-order valence-corrected chi connectivity index (χ1v) is 5.24. The van der Waals surface area contributed by atoms with Crippen molar-refractivity contribution in [2.24, 2.45) is 0 Å². The van der Waals surface area contributed by atoms with Crippen molar-refractivity contribution in [1.82, 2.24) is 0 Å². The lowest BCUT2D eigenvalue weighted by Gasteiger charge is -2.10. The Morgan fingerprint density at radius 2 is 1.79 bits per heavy atom. The van der Waals surface area contributed by atoms with Crippen LogP contribution >= 0.6 is 31.9 Å². The van der Waals surface area contributed by atoms with E-state index >= 15 is 0 Å². The maximum Gasteiger partial charge on any atom is 0.272 e. The fraction of sp³-hybridized carbons (Fsp3) is 0.250. The van der Waals surface area contributed by atoms with Gasteiger partial charge < -0.3 is 10.5 Å². The average Bonchev–Trinajstić information content (AvgIpc) is 2.01. The predicted octanol–water partition coefficient (Wildman–Crippen LogP) is 3.44. The average molecular weight is 331 g/mol. The molecule has 0 aromatic heterocycles. The van der Waals surface area contributed by atoms with Gasteiger partial charge in [-0.3, -0.25) is 0 Å². The van der Waals surface area contributed by atoms with E-state index < -0.39 is 13.0 Å². The summed E-state index contributed by atoms with van der Waals surface area (Å²) in [5.74, 6) is 0.333. The zero-order chi connectivity index (χ0) is 10.7. The molecule has 0 spiro atoms. The molecule has 0 saturated heterocycles. The summed E-state index contributed by atoms with van der Waals surface area (Å²) in [6, 6.07) is 3.18. The zero-order valence-electron chi connectivity index (χ0n) is 6.94. The topological polar surface area (TPSA) is 35.2 Å². The van der Waals surface area contributed by atoms with Crippen molar-refractivity contribution in [3.63, 3.8) is 0 Å². The van der Waals surface area contributed by atoms with Crippen molar-refractivity contribution >= 4 is 37.5 Å². The Hall–Kier alpha value is -0.360. The maximum absolute atomic E-state index is 11.9. The van der Waals surface area contributed by atoms with Crippen LogP contribution in [0.25, 0.3) is 0 Å². The monoisotopic (exact) mass is 329 g/mol. The van der Waals surface area contributed by atoms with E-state index in [-0.39, 0.29) is 0 Å². The molecular formula is C8H7Br2F2NO. The van der Waals surface area contributed by atoms with E-state index in [1.165, 1.54) is 0 Å². The summed E-state index contributed by atoms with van der Waals surface area (Å²) in [7, 11) is 0. The first-order valence-electron chi connectivity index (χ1n) is 3.66. The molecule has 1 aromatic carbocycles. The summed E-state index contributed by atoms with van der Waals surface area (Å²) in [6.45, 7) is -0.638. The molecule has 0 radical (unpaired) electrons. The first-order chi connectivity index (χ1) is 6.50. The molecule has 2 N–H and O–H groups in total. The molecule has 0 aliphatic carbocycles. The van der Waals surface area contributed by atoms with Gasteiger partial charge in [0.05, 0.1) is 8.95 Å². The highest BCUT2D eigenvalue weighted by molar-refractivity contribution is 9.11. The van der Waals surface area contributed by atoms with Gasteiger partial charge in [0, 0.05) is 5.69 Å². The van der Waals surface area contributed by atoms with E-state index in [1.54, 1.807) is 12.1 Å². The standard InChI is InChI=1S/C8H7Br2F2NO/c9-5-1-4(13)2-6(10)8(5)14-3-7(11)12/h1-2,7H,3,13H2. The van der Waals surface area contributed by atoms with Crippen molar-refractivity contribution in [2.75, 3.05) is 12.3 Å². The summed E-state index contributed by atoms with van der Waals surface area (Å²) in [5, 5.41) is 0. The second-order valence-electron chi connectivity index (χ2n) is 2.52. The molecule has 1 rings (SSSR count). The first kappa shape index (κ1) is 11.7. The van der Waals surface area contributed by atoms with Crippen LogP contribution in [0.2, 0.25) is 0 Å². The number of halogens is 4. The molecule has 14 heavy (non-hydrogen) atoms. The highest BCUT2D eigenvalue weighted by atomic mass is 79.9. The molecule has 0 aliphatic heterocycles. The van der Waals surface area contributed by atoms with E-state index in [4.69, 9.17) is 10.5 Å². The minimum absolute atomic E-state index is 0.333. The van der Waals surface area contributed by atoms with Gasteiger partial charge >= 0.3 is 0 Å². The van der Waals surface area contributed by atoms with Crippen LogP contribution in [-0.4, -0.2) is 13.0 Å². The van der Waals surface area contributed by atoms with E-state index in [0.29, 0.717) is 20.4 Å². The molecule has 1 aromatic rings. The number of anilines is 1. The number of alkyl halides is 2. The molecule has 0 unspecified atom stereocenters. The van der Waals surface area contributed by atoms with E-state index in [2.05, 4.69) is 31.9 Å². The van der Waals surface area contributed by atoms with Crippen molar-refractivity contribution in [3.05, 3.63) is 21.1 Å². The van der Waals surface area contributed by atoms with E-state index in [0.717, 1.165) is 0 Å². The zero-order valence-corrected chi connectivity index (χ0v) is 10.1. The van der Waals surface area contributed by atoms with Gasteiger partial charge in [-0.2, -0.15) is 0 Å². The highest BCUT2D eigenvalue weighted by Crippen LogP contribution is 2.35. The predicted molar refractivity (Wildman–Crippen MR) is 57.8 cm³/mol. The van der Waals surface area contributed by atoms with Crippen LogP contribution in [0.1, 0.15) is 0 Å². The molecular weight excluding hydrogens is 324 g/mol. The van der Waals surface area contributed by atoms with Gasteiger partial charge in [0.15, 0.2) is 0 Å². The summed E-state index contributed by atoms with van der Waals surface area (Å²) >= 11 is 6.34. The van der Waals surface area contributed by atoms with Gasteiger partial charge in [0.2, 0.25) is 0 Å². The molecule has 0 amide bonds. The maximum atomic E-state index is 11.9. The van der Waals surface area contributed by atoms with Gasteiger partial charge in [-0.25, -0.2) is 8.78 Å². The lowest BCUT2D eigenvalue weighted by atomic mass is 10.3. The summed E-state index contributed by atoms with van der Waals surface area (Å²) in [4.78, 5) is 0. The molecule has 0 aliphatic rings. The van der Waals surface area contributed by atoms with Gasteiger partial charge in [-0.05, 0) is 44.0 Å². The fourth-order valence-corrected chi connectivity index (χ4v) is 2.31. The SMILES string of the molecule is Nc1cc(Br)c(OCC(F)F)c(Br)c1. The van der Waals surface area contributed by atoms with Crippen LogP contribution in [0, 0.1) is 0 Å². The summed E-state index contributed by atoms with van der Waals surface area (Å²) in [6.07, 6.45) is -2.49. The normalized spacial score (nSPS) is 10.6. The smallest absolute Gasteiger partial charge is 0.272 e. The Morgan fingerprint density at radius 1 is 1.29 bits per heavy atom. The van der Waals surface area contributed by atoms with Crippen molar-refractivity contribution in [3.8, 4) is 5.75 Å². The number of nitrogens with two attached hydrogens (primary N) is 1. The van der Waals surface area contributed by atoms with Gasteiger partial charge in [0.1, 0.15) is 12.4 Å². The number of nitrogen functional groups attached to an aromatic ring is 1. The van der Waals surface area contributed by atoms with Gasteiger partial charge in [0.25, 0.3) is 6.43 Å². The molecule has 0 atom stereocenters. The fourth-order valence-electron chi connectivity index (χ4n) is 0.864. The molecule has 2 nitrogen and oxygen atoms in total. The third kappa shape index (κ3) is 3.09. The van der Waals surface area contributed by atoms with Crippen molar-refractivity contribution < 1.29 is 13.5 Å². The minimum atomic E-state index is -2.49. The molecule has 0 fully saturated rings. The molecule has 78 valence electrons. The third-order valence-electron chi connectivity index (χ3n) is 1.37. The minimum Gasteiger partial charge on any atom is -0.485 e. The second kappa shape index (κ2) is 4.93. The third-order valence-corrected chi connectivity index (χ3v) is 2.55. The quantitative estimate of drug-likeness (QED) is 0.862. The van der Waals surface area contributed by atoms with Crippen molar-refractivity contribution in [1.29, 1.82) is 0 Å². The molecule has 0 saturated carbocycles. The number of hydrogen-bond acceptors (Lipinski definition) is 2. The Bertz CT molecular complexity index is 310. The van der Waals surface area contributed by atoms with Crippen molar-refractivity contribution in [2.45, 2.75) is 6.43 Å². The highest BCUT2D eigenvalue weighted by Gasteiger charge is 2.10. The van der Waals surface area contributed by atoms with Crippen LogP contribution in [0.5, 0.6) is 5.75 Å². The largest absolute Gasteiger partial charge is 0.485 e. The lowest BCUT2D eigenvalue weighted by molar-refractivity contribution is 0.0812. The molecule has 6 heteroatoms. The van der Waals surface area contributed by atoms with Gasteiger partial charge in [-0.1, -0.05) is 0 Å². The number of rotatable bonds is 3. The van der Waals surface area contributed by atoms with E-state index in [9.17, 15) is 8.78 Å². The van der Waals surface area contributed by atoms with Crippen LogP contribution in [0.4, 0.5) is 14.5 Å². The Balaban J connectivity index is 2.86. The Kier molecular flexibility index (Phi) is 4.12. The number of benzene rings is 1. The second-order valence-corrected chi connectivity index (χ2v) is 4.22. The number of hydrogen-bond donors (Lipinski definition) is 1. The molecule has 0 bridgehead atoms. The number of ether oxygens (including phenoxy) is 1. The van der Waals surface area contributed by atoms with Crippen LogP contribution in [0.15, 0.2) is 21.1 Å². The Labute approximate surface area is 96.7 Å².